The molecule has 0 N–H and O–H groups in total. The number of nitrogens with zero attached hydrogens (tertiary/aromatic N) is 1. The maximum Gasteiger partial charge on any atom is 0.162 e. The molecule has 0 bridgehead atoms. The SMILES string of the molecule is COc1cc2c3cc(OC)c(OC)cc3n(CCC(C)(C)C)c2cc1OC. The quantitative estimate of drug-likeness (QED) is 0.592. The van der Waals surface area contributed by atoms with Crippen LogP contribution in [0.15, 0.2) is 24.3 Å². The van der Waals surface area contributed by atoms with E-state index in [4.69, 9.17) is 18.9 Å². The fourth-order valence-corrected chi connectivity index (χ4v) is 3.43. The molecule has 5 nitrogen and oxygen atoms in total. The first-order chi connectivity index (χ1) is 12.8. The van der Waals surface area contributed by atoms with E-state index in [1.807, 2.05) is 12.1 Å². The maximum atomic E-state index is 5.54. The molecule has 0 atom stereocenters. The normalized spacial score (nSPS) is 11.8. The van der Waals surface area contributed by atoms with Crippen molar-refractivity contribution in [1.82, 2.24) is 4.57 Å². The summed E-state index contributed by atoms with van der Waals surface area (Å²) in [7, 11) is 6.65. The van der Waals surface area contributed by atoms with Crippen LogP contribution in [0.1, 0.15) is 27.2 Å². The van der Waals surface area contributed by atoms with Gasteiger partial charge in [0.2, 0.25) is 0 Å². The molecule has 0 aliphatic carbocycles. The summed E-state index contributed by atoms with van der Waals surface area (Å²) in [5, 5.41) is 2.22. The first-order valence-corrected chi connectivity index (χ1v) is 9.13. The zero-order valence-electron chi connectivity index (χ0n) is 17.3. The van der Waals surface area contributed by atoms with E-state index in [0.717, 1.165) is 57.8 Å². The van der Waals surface area contributed by atoms with Gasteiger partial charge in [0.15, 0.2) is 23.0 Å². The zero-order valence-corrected chi connectivity index (χ0v) is 17.3. The van der Waals surface area contributed by atoms with E-state index in [-0.39, 0.29) is 5.41 Å². The molecule has 0 saturated carbocycles. The molecular weight excluding hydrogens is 342 g/mol. The number of methoxy groups -OCH3 is 4. The fraction of sp³-hybridized carbons (Fsp3) is 0.455. The van der Waals surface area contributed by atoms with Gasteiger partial charge in [-0.3, -0.25) is 0 Å². The molecule has 146 valence electrons. The summed E-state index contributed by atoms with van der Waals surface area (Å²) >= 11 is 0. The third kappa shape index (κ3) is 3.51. The molecule has 0 unspecified atom stereocenters. The van der Waals surface area contributed by atoms with Gasteiger partial charge in [-0.1, -0.05) is 20.8 Å². The highest BCUT2D eigenvalue weighted by molar-refractivity contribution is 6.10. The van der Waals surface area contributed by atoms with E-state index < -0.39 is 0 Å². The largest absolute Gasteiger partial charge is 0.493 e. The van der Waals surface area contributed by atoms with Crippen LogP contribution >= 0.6 is 0 Å². The van der Waals surface area contributed by atoms with Gasteiger partial charge in [0.25, 0.3) is 0 Å². The molecule has 1 aromatic heterocycles. The van der Waals surface area contributed by atoms with Gasteiger partial charge in [-0.05, 0) is 24.0 Å². The maximum absolute atomic E-state index is 5.54. The fourth-order valence-electron chi connectivity index (χ4n) is 3.43. The highest BCUT2D eigenvalue weighted by Gasteiger charge is 2.19. The summed E-state index contributed by atoms with van der Waals surface area (Å²) in [6.07, 6.45) is 1.05. The highest BCUT2D eigenvalue weighted by atomic mass is 16.5. The Morgan fingerprint density at radius 1 is 0.667 bits per heavy atom. The van der Waals surface area contributed by atoms with E-state index in [0.29, 0.717) is 0 Å². The molecule has 3 aromatic rings. The number of ether oxygens (including phenoxy) is 4. The van der Waals surface area contributed by atoms with E-state index in [1.165, 1.54) is 0 Å². The van der Waals surface area contributed by atoms with Crippen LogP contribution in [0.3, 0.4) is 0 Å². The van der Waals surface area contributed by atoms with Crippen molar-refractivity contribution in [2.45, 2.75) is 33.7 Å². The Morgan fingerprint density at radius 3 is 1.37 bits per heavy atom. The highest BCUT2D eigenvalue weighted by Crippen LogP contribution is 2.42. The van der Waals surface area contributed by atoms with Crippen molar-refractivity contribution >= 4 is 21.8 Å². The van der Waals surface area contributed by atoms with Crippen LogP contribution in [0.4, 0.5) is 0 Å². The smallest absolute Gasteiger partial charge is 0.162 e. The third-order valence-electron chi connectivity index (χ3n) is 4.96. The van der Waals surface area contributed by atoms with E-state index in [1.54, 1.807) is 28.4 Å². The van der Waals surface area contributed by atoms with Gasteiger partial charge in [0.1, 0.15) is 0 Å². The number of hydrogen-bond donors (Lipinski definition) is 0. The van der Waals surface area contributed by atoms with Gasteiger partial charge in [-0.15, -0.1) is 0 Å². The van der Waals surface area contributed by atoms with Gasteiger partial charge in [0.05, 0.1) is 39.5 Å². The molecule has 0 saturated heterocycles. The van der Waals surface area contributed by atoms with Crippen molar-refractivity contribution in [3.05, 3.63) is 24.3 Å². The molecule has 0 spiro atoms. The Hall–Kier alpha value is -2.56. The Bertz CT molecular complexity index is 897. The van der Waals surface area contributed by atoms with Crippen LogP contribution in [-0.4, -0.2) is 33.0 Å². The number of fused-ring (bicyclic) bond motifs is 3. The van der Waals surface area contributed by atoms with Crippen molar-refractivity contribution in [3.8, 4) is 23.0 Å². The molecular formula is C22H29NO4. The Kier molecular flexibility index (Phi) is 5.13. The van der Waals surface area contributed by atoms with Crippen LogP contribution in [0.5, 0.6) is 23.0 Å². The predicted molar refractivity (Wildman–Crippen MR) is 110 cm³/mol. The Balaban J connectivity index is 2.35. The van der Waals surface area contributed by atoms with E-state index in [9.17, 15) is 0 Å². The van der Waals surface area contributed by atoms with Crippen molar-refractivity contribution in [3.63, 3.8) is 0 Å². The second-order valence-electron chi connectivity index (χ2n) is 7.91. The molecule has 0 aliphatic heterocycles. The average molecular weight is 371 g/mol. The van der Waals surface area contributed by atoms with Gasteiger partial charge in [-0.2, -0.15) is 0 Å². The lowest BCUT2D eigenvalue weighted by Gasteiger charge is -2.19. The minimum absolute atomic E-state index is 0.232. The summed E-state index contributed by atoms with van der Waals surface area (Å²) in [5.74, 6) is 2.89. The van der Waals surface area contributed by atoms with Crippen LogP contribution in [0.25, 0.3) is 21.8 Å². The Morgan fingerprint density at radius 2 is 1.04 bits per heavy atom. The molecule has 0 aliphatic rings. The summed E-state index contributed by atoms with van der Waals surface area (Å²) in [4.78, 5) is 0. The molecule has 1 heterocycles. The van der Waals surface area contributed by atoms with Crippen LogP contribution < -0.4 is 18.9 Å². The van der Waals surface area contributed by atoms with E-state index >= 15 is 0 Å². The topological polar surface area (TPSA) is 41.9 Å². The molecule has 2 aromatic carbocycles. The second-order valence-corrected chi connectivity index (χ2v) is 7.91. The molecule has 5 heteroatoms. The summed E-state index contributed by atoms with van der Waals surface area (Å²) in [6.45, 7) is 7.67. The number of hydrogen-bond acceptors (Lipinski definition) is 4. The first kappa shape index (κ1) is 19.2. The van der Waals surface area contributed by atoms with Crippen molar-refractivity contribution in [2.24, 2.45) is 5.41 Å². The standard InChI is InChI=1S/C22H29NO4/c1-22(2,3)8-9-23-16-12-20(26-6)18(24-4)10-14(16)15-11-19(25-5)21(27-7)13-17(15)23/h10-13H,8-9H2,1-7H3. The molecule has 27 heavy (non-hydrogen) atoms. The lowest BCUT2D eigenvalue weighted by atomic mass is 9.92. The van der Waals surface area contributed by atoms with Crippen LogP contribution in [0.2, 0.25) is 0 Å². The number of aryl methyl sites for hydroxylation is 1. The van der Waals surface area contributed by atoms with Crippen molar-refractivity contribution in [2.75, 3.05) is 28.4 Å². The van der Waals surface area contributed by atoms with Gasteiger partial charge in [-0.25, -0.2) is 0 Å². The summed E-state index contributed by atoms with van der Waals surface area (Å²) in [6, 6.07) is 8.18. The average Bonchev–Trinajstić information content (AvgIpc) is 2.94. The minimum Gasteiger partial charge on any atom is -0.493 e. The molecule has 3 rings (SSSR count). The lowest BCUT2D eigenvalue weighted by molar-refractivity contribution is 0.351. The molecule has 0 fully saturated rings. The van der Waals surface area contributed by atoms with Gasteiger partial charge < -0.3 is 23.5 Å². The minimum atomic E-state index is 0.232. The molecule has 0 amide bonds. The Labute approximate surface area is 160 Å². The van der Waals surface area contributed by atoms with Crippen molar-refractivity contribution < 1.29 is 18.9 Å². The third-order valence-corrected chi connectivity index (χ3v) is 4.96. The number of aromatic nitrogens is 1. The summed E-state index contributed by atoms with van der Waals surface area (Å²) < 4.78 is 24.5. The van der Waals surface area contributed by atoms with Crippen molar-refractivity contribution in [1.29, 1.82) is 0 Å². The van der Waals surface area contributed by atoms with Crippen LogP contribution in [0, 0.1) is 5.41 Å². The van der Waals surface area contributed by atoms with Gasteiger partial charge in [0, 0.05) is 29.4 Å². The second kappa shape index (κ2) is 7.22. The number of benzene rings is 2. The predicted octanol–water partition coefficient (Wildman–Crippen LogP) is 5.27. The number of rotatable bonds is 6. The monoisotopic (exact) mass is 371 g/mol. The molecule has 0 radical (unpaired) electrons. The van der Waals surface area contributed by atoms with E-state index in [2.05, 4.69) is 37.5 Å². The van der Waals surface area contributed by atoms with Crippen LogP contribution in [-0.2, 0) is 6.54 Å². The summed E-state index contributed by atoms with van der Waals surface area (Å²) in [5.41, 5.74) is 2.46. The zero-order chi connectivity index (χ0) is 19.8. The first-order valence-electron chi connectivity index (χ1n) is 9.13. The lowest BCUT2D eigenvalue weighted by Crippen LogP contribution is -2.10. The van der Waals surface area contributed by atoms with Gasteiger partial charge >= 0.3 is 0 Å².